The van der Waals surface area contributed by atoms with E-state index in [-0.39, 0.29) is 12.5 Å². The molecule has 1 amide bonds. The van der Waals surface area contributed by atoms with Crippen molar-refractivity contribution in [2.24, 2.45) is 5.92 Å². The topological polar surface area (TPSA) is 81.4 Å². The molecule has 6 nitrogen and oxygen atoms in total. The Morgan fingerprint density at radius 1 is 1.28 bits per heavy atom. The highest BCUT2D eigenvalue weighted by Crippen LogP contribution is 2.17. The number of nitrogens with one attached hydrogen (secondary N) is 1. The van der Waals surface area contributed by atoms with Crippen molar-refractivity contribution < 1.29 is 18.8 Å². The van der Waals surface area contributed by atoms with Crippen LogP contribution in [0.2, 0.25) is 5.02 Å². The molecule has 0 fully saturated rings. The van der Waals surface area contributed by atoms with Crippen molar-refractivity contribution >= 4 is 23.5 Å². The molecular weight excluding hydrogens is 344 g/mol. The van der Waals surface area contributed by atoms with Gasteiger partial charge in [-0.1, -0.05) is 42.7 Å². The van der Waals surface area contributed by atoms with Crippen LogP contribution in [0.25, 0.3) is 0 Å². The van der Waals surface area contributed by atoms with Crippen LogP contribution in [-0.4, -0.2) is 23.1 Å². The fourth-order valence-corrected chi connectivity index (χ4v) is 2.52. The highest BCUT2D eigenvalue weighted by atomic mass is 35.5. The van der Waals surface area contributed by atoms with E-state index in [1.165, 1.54) is 0 Å². The van der Waals surface area contributed by atoms with E-state index in [9.17, 15) is 9.59 Å². The third-order valence-electron chi connectivity index (χ3n) is 3.87. The van der Waals surface area contributed by atoms with Gasteiger partial charge in [0.25, 0.3) is 5.91 Å². The summed E-state index contributed by atoms with van der Waals surface area (Å²) < 4.78 is 10.4. The van der Waals surface area contributed by atoms with Gasteiger partial charge >= 0.3 is 5.97 Å². The molecule has 0 aliphatic heterocycles. The van der Waals surface area contributed by atoms with E-state index in [2.05, 4.69) is 10.5 Å². The first kappa shape index (κ1) is 19.0. The summed E-state index contributed by atoms with van der Waals surface area (Å²) in [6.45, 7) is 7.23. The minimum Gasteiger partial charge on any atom is -0.459 e. The Labute approximate surface area is 151 Å². The number of aryl methyl sites for hydroxylation is 2. The molecule has 134 valence electrons. The highest BCUT2D eigenvalue weighted by Gasteiger charge is 2.27. The second-order valence-electron chi connectivity index (χ2n) is 6.09. The van der Waals surface area contributed by atoms with Crippen LogP contribution in [0.3, 0.4) is 0 Å². The van der Waals surface area contributed by atoms with Gasteiger partial charge in [-0.2, -0.15) is 0 Å². The standard InChI is InChI=1S/C18H21ClN2O4/c1-10(2)16(20-17(22)13-7-5-6-8-15(13)19)18(23)24-9-14-11(3)21-25-12(14)4/h5-8,10,16H,9H2,1-4H3,(H,20,22)/t16-/m1/s1. The average molecular weight is 365 g/mol. The molecule has 25 heavy (non-hydrogen) atoms. The van der Waals surface area contributed by atoms with Crippen molar-refractivity contribution in [3.8, 4) is 0 Å². The number of carbonyl (C=O) groups is 2. The Hall–Kier alpha value is -2.34. The number of benzene rings is 1. The van der Waals surface area contributed by atoms with Gasteiger partial charge in [0.2, 0.25) is 0 Å². The second-order valence-corrected chi connectivity index (χ2v) is 6.49. The van der Waals surface area contributed by atoms with Gasteiger partial charge in [-0.3, -0.25) is 4.79 Å². The second kappa shape index (κ2) is 8.16. The monoisotopic (exact) mass is 364 g/mol. The van der Waals surface area contributed by atoms with Crippen LogP contribution >= 0.6 is 11.6 Å². The zero-order valence-electron chi connectivity index (χ0n) is 14.6. The number of halogens is 1. The highest BCUT2D eigenvalue weighted by molar-refractivity contribution is 6.33. The number of hydrogen-bond acceptors (Lipinski definition) is 5. The number of ether oxygens (including phenoxy) is 1. The third kappa shape index (κ3) is 4.60. The normalized spacial score (nSPS) is 12.1. The first-order valence-electron chi connectivity index (χ1n) is 7.95. The molecule has 2 rings (SSSR count). The molecular formula is C18H21ClN2O4. The zero-order chi connectivity index (χ0) is 18.6. The molecule has 0 saturated heterocycles. The maximum atomic E-state index is 12.4. The minimum absolute atomic E-state index is 0.0468. The fourth-order valence-electron chi connectivity index (χ4n) is 2.30. The third-order valence-corrected chi connectivity index (χ3v) is 4.20. The lowest BCUT2D eigenvalue weighted by Gasteiger charge is -2.21. The Morgan fingerprint density at radius 3 is 2.52 bits per heavy atom. The molecule has 0 saturated carbocycles. The van der Waals surface area contributed by atoms with Gasteiger partial charge in [0.15, 0.2) is 0 Å². The summed E-state index contributed by atoms with van der Waals surface area (Å²) >= 11 is 6.03. The predicted octanol–water partition coefficient (Wildman–Crippen LogP) is 3.44. The van der Waals surface area contributed by atoms with Gasteiger partial charge in [-0.15, -0.1) is 0 Å². The number of nitrogens with zero attached hydrogens (tertiary/aromatic N) is 1. The summed E-state index contributed by atoms with van der Waals surface area (Å²) in [5.41, 5.74) is 1.72. The van der Waals surface area contributed by atoms with E-state index in [0.717, 1.165) is 5.56 Å². The summed E-state index contributed by atoms with van der Waals surface area (Å²) in [6.07, 6.45) is 0. The van der Waals surface area contributed by atoms with Crippen LogP contribution in [0.1, 0.15) is 41.2 Å². The number of esters is 1. The molecule has 1 aromatic carbocycles. The summed E-state index contributed by atoms with van der Waals surface area (Å²) in [5.74, 6) is -0.482. The largest absolute Gasteiger partial charge is 0.459 e. The Kier molecular flexibility index (Phi) is 6.20. The lowest BCUT2D eigenvalue weighted by molar-refractivity contribution is -0.148. The van der Waals surface area contributed by atoms with Gasteiger partial charge in [-0.25, -0.2) is 4.79 Å². The maximum Gasteiger partial charge on any atom is 0.329 e. The average Bonchev–Trinajstić information content (AvgIpc) is 2.88. The first-order chi connectivity index (χ1) is 11.8. The molecule has 0 bridgehead atoms. The molecule has 7 heteroatoms. The molecule has 1 heterocycles. The SMILES string of the molecule is Cc1noc(C)c1COC(=O)[C@H](NC(=O)c1ccccc1Cl)C(C)C. The van der Waals surface area contributed by atoms with E-state index < -0.39 is 17.9 Å². The fraction of sp³-hybridized carbons (Fsp3) is 0.389. The van der Waals surface area contributed by atoms with Crippen molar-refractivity contribution in [2.75, 3.05) is 0 Å². The Balaban J connectivity index is 2.06. The summed E-state index contributed by atoms with van der Waals surface area (Å²) in [5, 5.41) is 6.84. The number of amides is 1. The van der Waals surface area contributed by atoms with E-state index >= 15 is 0 Å². The summed E-state index contributed by atoms with van der Waals surface area (Å²) in [6, 6.07) is 5.88. The predicted molar refractivity (Wildman–Crippen MR) is 93.3 cm³/mol. The van der Waals surface area contributed by atoms with Crippen molar-refractivity contribution in [1.29, 1.82) is 0 Å². The van der Waals surface area contributed by atoms with Crippen LogP contribution in [0.5, 0.6) is 0 Å². The van der Waals surface area contributed by atoms with Crippen molar-refractivity contribution in [1.82, 2.24) is 10.5 Å². The van der Waals surface area contributed by atoms with Crippen LogP contribution in [0.15, 0.2) is 28.8 Å². The van der Waals surface area contributed by atoms with Crippen LogP contribution in [-0.2, 0) is 16.1 Å². The van der Waals surface area contributed by atoms with Crippen molar-refractivity contribution in [2.45, 2.75) is 40.3 Å². The van der Waals surface area contributed by atoms with E-state index in [1.54, 1.807) is 38.1 Å². The molecule has 0 aliphatic carbocycles. The quantitative estimate of drug-likeness (QED) is 0.794. The first-order valence-corrected chi connectivity index (χ1v) is 8.32. The van der Waals surface area contributed by atoms with Crippen LogP contribution < -0.4 is 5.32 Å². The summed E-state index contributed by atoms with van der Waals surface area (Å²) in [7, 11) is 0. The number of aromatic nitrogens is 1. The molecule has 1 aromatic heterocycles. The molecule has 0 spiro atoms. The lowest BCUT2D eigenvalue weighted by Crippen LogP contribution is -2.45. The molecule has 0 aliphatic rings. The van der Waals surface area contributed by atoms with Gasteiger partial charge in [0.05, 0.1) is 21.8 Å². The lowest BCUT2D eigenvalue weighted by atomic mass is 10.0. The maximum absolute atomic E-state index is 12.4. The van der Waals surface area contributed by atoms with Gasteiger partial charge in [0, 0.05) is 0 Å². The number of hydrogen-bond donors (Lipinski definition) is 1. The molecule has 1 N–H and O–H groups in total. The number of carbonyl (C=O) groups excluding carboxylic acids is 2. The van der Waals surface area contributed by atoms with Crippen molar-refractivity contribution in [3.63, 3.8) is 0 Å². The van der Waals surface area contributed by atoms with E-state index in [1.807, 2.05) is 13.8 Å². The van der Waals surface area contributed by atoms with Crippen LogP contribution in [0.4, 0.5) is 0 Å². The van der Waals surface area contributed by atoms with E-state index in [4.69, 9.17) is 20.9 Å². The minimum atomic E-state index is -0.788. The van der Waals surface area contributed by atoms with Crippen molar-refractivity contribution in [3.05, 3.63) is 51.9 Å². The van der Waals surface area contributed by atoms with Crippen LogP contribution in [0, 0.1) is 19.8 Å². The molecule has 0 radical (unpaired) electrons. The molecule has 0 unspecified atom stereocenters. The number of rotatable bonds is 6. The Morgan fingerprint density at radius 2 is 1.96 bits per heavy atom. The van der Waals surface area contributed by atoms with Gasteiger partial charge in [-0.05, 0) is 31.9 Å². The smallest absolute Gasteiger partial charge is 0.329 e. The molecule has 2 aromatic rings. The van der Waals surface area contributed by atoms with Gasteiger partial charge in [0.1, 0.15) is 18.4 Å². The Bertz CT molecular complexity index is 751. The molecule has 1 atom stereocenters. The van der Waals surface area contributed by atoms with E-state index in [0.29, 0.717) is 22.0 Å². The summed E-state index contributed by atoms with van der Waals surface area (Å²) in [4.78, 5) is 24.8. The zero-order valence-corrected chi connectivity index (χ0v) is 15.4. The van der Waals surface area contributed by atoms with Gasteiger partial charge < -0.3 is 14.6 Å².